The number of rotatable bonds is 8. The molecule has 0 fully saturated rings. The first-order chi connectivity index (χ1) is 12.3. The molecule has 0 aromatic heterocycles. The highest BCUT2D eigenvalue weighted by Crippen LogP contribution is 2.19. The smallest absolute Gasteiger partial charge is 0.321 e. The first kappa shape index (κ1) is 19.6. The number of primary amides is 1. The van der Waals surface area contributed by atoms with Gasteiger partial charge >= 0.3 is 5.97 Å². The highest BCUT2D eigenvalue weighted by Gasteiger charge is 2.27. The number of nitrogens with zero attached hydrogens (tertiary/aromatic N) is 1. The minimum atomic E-state index is -3.97. The van der Waals surface area contributed by atoms with Gasteiger partial charge in [-0.25, -0.2) is 8.42 Å². The molecule has 0 unspecified atom stereocenters. The molecule has 0 aliphatic rings. The van der Waals surface area contributed by atoms with Crippen molar-refractivity contribution in [3.8, 4) is 0 Å². The van der Waals surface area contributed by atoms with Crippen LogP contribution in [0.25, 0.3) is 0 Å². The van der Waals surface area contributed by atoms with Crippen LogP contribution in [0.2, 0.25) is 0 Å². The number of ether oxygens (including phenoxy) is 1. The van der Waals surface area contributed by atoms with Crippen LogP contribution in [-0.4, -0.2) is 37.8 Å². The minimum absolute atomic E-state index is 0.0135. The highest BCUT2D eigenvalue weighted by molar-refractivity contribution is 7.89. The minimum Gasteiger partial charge on any atom is -0.465 e. The van der Waals surface area contributed by atoms with E-state index in [0.29, 0.717) is 0 Å². The van der Waals surface area contributed by atoms with E-state index >= 15 is 0 Å². The Bertz CT molecular complexity index is 864. The summed E-state index contributed by atoms with van der Waals surface area (Å²) >= 11 is 0. The fourth-order valence-electron chi connectivity index (χ4n) is 2.30. The monoisotopic (exact) mass is 376 g/mol. The molecule has 0 aliphatic carbocycles. The molecule has 0 aliphatic heterocycles. The fourth-order valence-corrected chi connectivity index (χ4v) is 3.68. The molecule has 2 rings (SSSR count). The Morgan fingerprint density at radius 1 is 1.04 bits per heavy atom. The molecule has 0 saturated carbocycles. The van der Waals surface area contributed by atoms with Gasteiger partial charge in [0.25, 0.3) is 0 Å². The lowest BCUT2D eigenvalue weighted by atomic mass is 10.2. The second-order valence-electron chi connectivity index (χ2n) is 5.45. The van der Waals surface area contributed by atoms with Crippen LogP contribution in [0, 0.1) is 0 Å². The van der Waals surface area contributed by atoms with Crippen LogP contribution in [-0.2, 0) is 26.1 Å². The van der Waals surface area contributed by atoms with E-state index in [-0.39, 0.29) is 23.6 Å². The van der Waals surface area contributed by atoms with Crippen molar-refractivity contribution in [2.24, 2.45) is 5.73 Å². The lowest BCUT2D eigenvalue weighted by Gasteiger charge is -2.21. The number of sulfonamides is 1. The third kappa shape index (κ3) is 4.90. The quantitative estimate of drug-likeness (QED) is 0.703. The van der Waals surface area contributed by atoms with Gasteiger partial charge in [0, 0.05) is 12.1 Å². The zero-order chi connectivity index (χ0) is 19.2. The number of benzene rings is 2. The van der Waals surface area contributed by atoms with Crippen LogP contribution in [0.15, 0.2) is 59.5 Å². The maximum absolute atomic E-state index is 13.0. The molecule has 0 bridgehead atoms. The van der Waals surface area contributed by atoms with Gasteiger partial charge in [0.1, 0.15) is 6.54 Å². The summed E-state index contributed by atoms with van der Waals surface area (Å²) in [7, 11) is -3.97. The molecule has 2 aromatic rings. The van der Waals surface area contributed by atoms with Crippen molar-refractivity contribution in [3.63, 3.8) is 0 Å². The van der Waals surface area contributed by atoms with Gasteiger partial charge in [0.05, 0.1) is 11.5 Å². The lowest BCUT2D eigenvalue weighted by molar-refractivity contribution is -0.143. The van der Waals surface area contributed by atoms with Crippen molar-refractivity contribution in [1.82, 2.24) is 4.31 Å². The average molecular weight is 376 g/mol. The van der Waals surface area contributed by atoms with Crippen molar-refractivity contribution in [3.05, 3.63) is 65.7 Å². The summed E-state index contributed by atoms with van der Waals surface area (Å²) in [4.78, 5) is 23.0. The van der Waals surface area contributed by atoms with Crippen LogP contribution in [0.4, 0.5) is 0 Å². The number of hydrogen-bond acceptors (Lipinski definition) is 5. The number of carbonyl (C=O) groups is 2. The molecule has 0 spiro atoms. The second-order valence-corrected chi connectivity index (χ2v) is 7.39. The predicted molar refractivity (Wildman–Crippen MR) is 95.6 cm³/mol. The fraction of sp³-hybridized carbons (Fsp3) is 0.222. The van der Waals surface area contributed by atoms with Crippen LogP contribution in [0.1, 0.15) is 22.8 Å². The Labute approximate surface area is 152 Å². The van der Waals surface area contributed by atoms with Crippen LogP contribution in [0.3, 0.4) is 0 Å². The summed E-state index contributed by atoms with van der Waals surface area (Å²) in [5, 5.41) is 0. The largest absolute Gasteiger partial charge is 0.465 e. The van der Waals surface area contributed by atoms with Crippen molar-refractivity contribution in [1.29, 1.82) is 0 Å². The molecule has 8 heteroatoms. The number of esters is 1. The Balaban J connectivity index is 2.34. The van der Waals surface area contributed by atoms with E-state index in [0.717, 1.165) is 9.87 Å². The maximum atomic E-state index is 13.0. The highest BCUT2D eigenvalue weighted by atomic mass is 32.2. The molecule has 0 atom stereocenters. The zero-order valence-corrected chi connectivity index (χ0v) is 15.1. The summed E-state index contributed by atoms with van der Waals surface area (Å²) in [6.07, 6.45) is 0. The third-order valence-electron chi connectivity index (χ3n) is 3.59. The zero-order valence-electron chi connectivity index (χ0n) is 14.3. The van der Waals surface area contributed by atoms with Crippen molar-refractivity contribution in [2.75, 3.05) is 13.2 Å². The van der Waals surface area contributed by atoms with E-state index in [1.54, 1.807) is 31.2 Å². The van der Waals surface area contributed by atoms with Crippen LogP contribution in [0.5, 0.6) is 0 Å². The molecule has 26 heavy (non-hydrogen) atoms. The van der Waals surface area contributed by atoms with Gasteiger partial charge in [-0.3, -0.25) is 9.59 Å². The van der Waals surface area contributed by atoms with E-state index in [1.807, 2.05) is 6.07 Å². The summed E-state index contributed by atoms with van der Waals surface area (Å²) in [6, 6.07) is 14.2. The number of carbonyl (C=O) groups excluding carboxylic acids is 2. The van der Waals surface area contributed by atoms with Crippen molar-refractivity contribution in [2.45, 2.75) is 18.4 Å². The average Bonchev–Trinajstić information content (AvgIpc) is 2.62. The van der Waals surface area contributed by atoms with Gasteiger partial charge < -0.3 is 10.5 Å². The Morgan fingerprint density at radius 2 is 1.65 bits per heavy atom. The molecule has 0 saturated heterocycles. The Morgan fingerprint density at radius 3 is 2.19 bits per heavy atom. The maximum Gasteiger partial charge on any atom is 0.321 e. The standard InChI is InChI=1S/C18H20N2O5S/c1-2-25-17(21)13-20(12-14-6-4-3-5-7-14)26(23,24)16-10-8-15(9-11-16)18(19)22/h3-11H,2,12-13H2,1H3,(H2,19,22). The summed E-state index contributed by atoms with van der Waals surface area (Å²) in [5.41, 5.74) is 6.10. The summed E-state index contributed by atoms with van der Waals surface area (Å²) in [5.74, 6) is -1.29. The van der Waals surface area contributed by atoms with E-state index in [2.05, 4.69) is 0 Å². The predicted octanol–water partition coefficient (Wildman–Crippen LogP) is 1.54. The Kier molecular flexibility index (Phi) is 6.48. The topological polar surface area (TPSA) is 107 Å². The van der Waals surface area contributed by atoms with Crippen LogP contribution >= 0.6 is 0 Å². The van der Waals surface area contributed by atoms with E-state index in [1.165, 1.54) is 24.3 Å². The van der Waals surface area contributed by atoms with Crippen molar-refractivity contribution < 1.29 is 22.7 Å². The number of amides is 1. The molecule has 2 aromatic carbocycles. The van der Waals surface area contributed by atoms with E-state index in [9.17, 15) is 18.0 Å². The third-order valence-corrected chi connectivity index (χ3v) is 5.40. The summed E-state index contributed by atoms with van der Waals surface area (Å²) < 4.78 is 31.8. The van der Waals surface area contributed by atoms with Gasteiger partial charge in [0.2, 0.25) is 15.9 Å². The van der Waals surface area contributed by atoms with Crippen LogP contribution < -0.4 is 5.73 Å². The molecule has 0 heterocycles. The van der Waals surface area contributed by atoms with Gasteiger partial charge in [-0.2, -0.15) is 4.31 Å². The molecule has 0 radical (unpaired) electrons. The first-order valence-electron chi connectivity index (χ1n) is 7.94. The van der Waals surface area contributed by atoms with Gasteiger partial charge in [0.15, 0.2) is 0 Å². The van der Waals surface area contributed by atoms with Gasteiger partial charge in [-0.15, -0.1) is 0 Å². The van der Waals surface area contributed by atoms with E-state index in [4.69, 9.17) is 10.5 Å². The normalized spacial score (nSPS) is 11.3. The SMILES string of the molecule is CCOC(=O)CN(Cc1ccccc1)S(=O)(=O)c1ccc(C(N)=O)cc1. The summed E-state index contributed by atoms with van der Waals surface area (Å²) in [6.45, 7) is 1.41. The number of hydrogen-bond donors (Lipinski definition) is 1. The second kappa shape index (κ2) is 8.59. The molecule has 7 nitrogen and oxygen atoms in total. The lowest BCUT2D eigenvalue weighted by Crippen LogP contribution is -2.36. The molecule has 138 valence electrons. The van der Waals surface area contributed by atoms with Crippen molar-refractivity contribution >= 4 is 21.9 Å². The molecular weight excluding hydrogens is 356 g/mol. The number of nitrogens with two attached hydrogens (primary N) is 1. The first-order valence-corrected chi connectivity index (χ1v) is 9.38. The molecule has 1 amide bonds. The van der Waals surface area contributed by atoms with E-state index < -0.39 is 28.4 Å². The molecular formula is C18H20N2O5S. The van der Waals surface area contributed by atoms with Gasteiger partial charge in [-0.1, -0.05) is 30.3 Å². The molecule has 2 N–H and O–H groups in total. The Hall–Kier alpha value is -2.71. The van der Waals surface area contributed by atoms with Gasteiger partial charge in [-0.05, 0) is 36.8 Å².